The van der Waals surface area contributed by atoms with Gasteiger partial charge in [-0.05, 0) is 30.5 Å². The van der Waals surface area contributed by atoms with Crippen LogP contribution in [0.1, 0.15) is 40.4 Å². The normalized spacial score (nSPS) is 13.9. The van der Waals surface area contributed by atoms with Gasteiger partial charge in [0.05, 0.1) is 0 Å². The Balaban J connectivity index is 1.51. The third-order valence-corrected chi connectivity index (χ3v) is 4.83. The molecule has 1 atom stereocenters. The first-order valence-electron chi connectivity index (χ1n) is 10.0. The van der Waals surface area contributed by atoms with Crippen LogP contribution in [0.25, 0.3) is 0 Å². The Morgan fingerprint density at radius 1 is 0.867 bits per heavy atom. The molecule has 0 aromatic heterocycles. The molecule has 3 aromatic carbocycles. The van der Waals surface area contributed by atoms with Gasteiger partial charge in [-0.3, -0.25) is 4.79 Å². The number of hydrogen-bond acceptors (Lipinski definition) is 4. The van der Waals surface area contributed by atoms with Crippen LogP contribution in [0.2, 0.25) is 0 Å². The van der Waals surface area contributed by atoms with Crippen LogP contribution >= 0.6 is 0 Å². The van der Waals surface area contributed by atoms with Gasteiger partial charge in [-0.15, -0.1) is 0 Å². The van der Waals surface area contributed by atoms with Gasteiger partial charge >= 0.3 is 5.97 Å². The number of ether oxygens (including phenoxy) is 2. The van der Waals surface area contributed by atoms with E-state index in [-0.39, 0.29) is 17.5 Å². The van der Waals surface area contributed by atoms with Gasteiger partial charge in [0.2, 0.25) is 6.10 Å². The van der Waals surface area contributed by atoms with Gasteiger partial charge in [0, 0.05) is 11.6 Å². The number of hydrogen-bond donors (Lipinski definition) is 1. The maximum Gasteiger partial charge on any atom is 0.343 e. The molecule has 0 bridgehead atoms. The van der Waals surface area contributed by atoms with Gasteiger partial charge in [-0.2, -0.15) is 0 Å². The lowest BCUT2D eigenvalue weighted by atomic mass is 10.1. The van der Waals surface area contributed by atoms with E-state index >= 15 is 0 Å². The molecule has 0 spiro atoms. The molecule has 1 amide bonds. The Morgan fingerprint density at radius 2 is 1.50 bits per heavy atom. The summed E-state index contributed by atoms with van der Waals surface area (Å²) in [5, 5.41) is 2.92. The molecule has 30 heavy (non-hydrogen) atoms. The second kappa shape index (κ2) is 9.27. The molecule has 0 radical (unpaired) electrons. The first-order chi connectivity index (χ1) is 14.7. The topological polar surface area (TPSA) is 64.6 Å². The third-order valence-electron chi connectivity index (χ3n) is 4.83. The van der Waals surface area contributed by atoms with Crippen molar-refractivity contribution in [2.45, 2.75) is 31.6 Å². The van der Waals surface area contributed by atoms with Crippen LogP contribution in [-0.2, 0) is 16.1 Å². The molecule has 0 saturated heterocycles. The van der Waals surface area contributed by atoms with E-state index in [2.05, 4.69) is 5.32 Å². The number of carbonyl (C=O) groups excluding carboxylic acids is 2. The number of benzene rings is 3. The van der Waals surface area contributed by atoms with Crippen LogP contribution in [0.15, 0.2) is 84.9 Å². The molecule has 3 aromatic rings. The zero-order valence-electron chi connectivity index (χ0n) is 16.5. The van der Waals surface area contributed by atoms with Crippen molar-refractivity contribution in [1.82, 2.24) is 5.32 Å². The summed E-state index contributed by atoms with van der Waals surface area (Å²) in [7, 11) is 0. The van der Waals surface area contributed by atoms with Gasteiger partial charge in [-0.1, -0.05) is 72.8 Å². The number of amides is 1. The SMILES string of the molecule is O=C(O[C@@H](C(=O)NC1CC1)c1ccccc1)c1ccccc1OCc1ccccc1. The van der Waals surface area contributed by atoms with Crippen LogP contribution in [-0.4, -0.2) is 17.9 Å². The summed E-state index contributed by atoms with van der Waals surface area (Å²) in [5.41, 5.74) is 1.91. The van der Waals surface area contributed by atoms with E-state index in [9.17, 15) is 9.59 Å². The fraction of sp³-hybridized carbons (Fsp3) is 0.200. The number of para-hydroxylation sites is 1. The van der Waals surface area contributed by atoms with Crippen LogP contribution in [0.5, 0.6) is 5.75 Å². The summed E-state index contributed by atoms with van der Waals surface area (Å²) >= 11 is 0. The van der Waals surface area contributed by atoms with Crippen LogP contribution < -0.4 is 10.1 Å². The van der Waals surface area contributed by atoms with Crippen LogP contribution in [0, 0.1) is 0 Å². The van der Waals surface area contributed by atoms with E-state index < -0.39 is 12.1 Å². The molecule has 1 aliphatic rings. The molecule has 0 unspecified atom stereocenters. The van der Waals surface area contributed by atoms with Gasteiger partial charge in [0.15, 0.2) is 0 Å². The molecule has 1 N–H and O–H groups in total. The van der Waals surface area contributed by atoms with Crippen LogP contribution in [0.4, 0.5) is 0 Å². The van der Waals surface area contributed by atoms with E-state index in [1.165, 1.54) is 0 Å². The fourth-order valence-corrected chi connectivity index (χ4v) is 3.07. The maximum absolute atomic E-state index is 13.0. The second-order valence-electron chi connectivity index (χ2n) is 7.25. The lowest BCUT2D eigenvalue weighted by Crippen LogP contribution is -2.33. The van der Waals surface area contributed by atoms with E-state index in [1.54, 1.807) is 36.4 Å². The van der Waals surface area contributed by atoms with Gasteiger partial charge in [0.1, 0.15) is 17.9 Å². The number of rotatable bonds is 8. The van der Waals surface area contributed by atoms with Crippen molar-refractivity contribution in [3.8, 4) is 5.75 Å². The average molecular weight is 401 g/mol. The quantitative estimate of drug-likeness (QED) is 0.567. The summed E-state index contributed by atoms with van der Waals surface area (Å²) in [5.74, 6) is -0.487. The summed E-state index contributed by atoms with van der Waals surface area (Å²) < 4.78 is 11.5. The fourth-order valence-electron chi connectivity index (χ4n) is 3.07. The highest BCUT2D eigenvalue weighted by Gasteiger charge is 2.31. The first kappa shape index (κ1) is 19.7. The first-order valence-corrected chi connectivity index (χ1v) is 10.0. The van der Waals surface area contributed by atoms with E-state index in [0.717, 1.165) is 18.4 Å². The number of carbonyl (C=O) groups is 2. The van der Waals surface area contributed by atoms with Crippen molar-refractivity contribution in [1.29, 1.82) is 0 Å². The van der Waals surface area contributed by atoms with Crippen molar-refractivity contribution >= 4 is 11.9 Å². The predicted molar refractivity (Wildman–Crippen MR) is 113 cm³/mol. The Kier molecular flexibility index (Phi) is 6.09. The van der Waals surface area contributed by atoms with Crippen molar-refractivity contribution in [3.63, 3.8) is 0 Å². The zero-order chi connectivity index (χ0) is 20.8. The van der Waals surface area contributed by atoms with Crippen molar-refractivity contribution in [2.24, 2.45) is 0 Å². The molecule has 1 fully saturated rings. The number of nitrogens with one attached hydrogen (secondary N) is 1. The third kappa shape index (κ3) is 5.06. The van der Waals surface area contributed by atoms with Gasteiger partial charge < -0.3 is 14.8 Å². The molecular weight excluding hydrogens is 378 g/mol. The monoisotopic (exact) mass is 401 g/mol. The zero-order valence-corrected chi connectivity index (χ0v) is 16.5. The van der Waals surface area contributed by atoms with E-state index in [4.69, 9.17) is 9.47 Å². The molecule has 0 heterocycles. The average Bonchev–Trinajstić information content (AvgIpc) is 3.61. The minimum Gasteiger partial charge on any atom is -0.488 e. The Bertz CT molecular complexity index is 1000. The molecular formula is C25H23NO4. The highest BCUT2D eigenvalue weighted by Crippen LogP contribution is 2.26. The summed E-state index contributed by atoms with van der Waals surface area (Å²) in [4.78, 5) is 25.7. The lowest BCUT2D eigenvalue weighted by Gasteiger charge is -2.19. The molecule has 1 saturated carbocycles. The van der Waals surface area contributed by atoms with E-state index in [1.807, 2.05) is 48.5 Å². The largest absolute Gasteiger partial charge is 0.488 e. The molecule has 0 aliphatic heterocycles. The van der Waals surface area contributed by atoms with Crippen LogP contribution in [0.3, 0.4) is 0 Å². The minimum absolute atomic E-state index is 0.170. The van der Waals surface area contributed by atoms with Crippen molar-refractivity contribution in [2.75, 3.05) is 0 Å². The van der Waals surface area contributed by atoms with Gasteiger partial charge in [0.25, 0.3) is 5.91 Å². The van der Waals surface area contributed by atoms with E-state index in [0.29, 0.717) is 17.9 Å². The molecule has 5 nitrogen and oxygen atoms in total. The Morgan fingerprint density at radius 3 is 2.20 bits per heavy atom. The summed E-state index contributed by atoms with van der Waals surface area (Å²) in [6.45, 7) is 0.329. The van der Waals surface area contributed by atoms with Crippen molar-refractivity contribution < 1.29 is 19.1 Å². The predicted octanol–water partition coefficient (Wildman–Crippen LogP) is 4.44. The highest BCUT2D eigenvalue weighted by molar-refractivity contribution is 5.95. The molecule has 152 valence electrons. The molecule has 5 heteroatoms. The highest BCUT2D eigenvalue weighted by atomic mass is 16.6. The minimum atomic E-state index is -1.01. The Hall–Kier alpha value is -3.60. The summed E-state index contributed by atoms with van der Waals surface area (Å²) in [6.07, 6.45) is 0.899. The van der Waals surface area contributed by atoms with Gasteiger partial charge in [-0.25, -0.2) is 4.79 Å². The lowest BCUT2D eigenvalue weighted by molar-refractivity contribution is -0.130. The molecule has 4 rings (SSSR count). The maximum atomic E-state index is 13.0. The van der Waals surface area contributed by atoms with Crippen molar-refractivity contribution in [3.05, 3.63) is 102 Å². The second-order valence-corrected chi connectivity index (χ2v) is 7.25. The number of esters is 1. The standard InChI is InChI=1S/C25H23NO4/c27-24(26-20-15-16-20)23(19-11-5-2-6-12-19)30-25(28)21-13-7-8-14-22(21)29-17-18-9-3-1-4-10-18/h1-14,20,23H,15-17H2,(H,26,27)/t23-/m1/s1. The Labute approximate surface area is 175 Å². The summed E-state index contributed by atoms with van der Waals surface area (Å²) in [6, 6.07) is 25.8. The smallest absolute Gasteiger partial charge is 0.343 e. The molecule has 1 aliphatic carbocycles.